The van der Waals surface area contributed by atoms with E-state index in [2.05, 4.69) is 34.1 Å². The third kappa shape index (κ3) is 2.75. The average Bonchev–Trinajstić information content (AvgIpc) is 3.00. The largest absolute Gasteiger partial charge is 0.451 e. The van der Waals surface area contributed by atoms with Gasteiger partial charge in [0.2, 0.25) is 0 Å². The van der Waals surface area contributed by atoms with Crippen molar-refractivity contribution in [1.82, 2.24) is 4.98 Å². The van der Waals surface area contributed by atoms with Crippen LogP contribution in [0, 0.1) is 0 Å². The predicted molar refractivity (Wildman–Crippen MR) is 103 cm³/mol. The van der Waals surface area contributed by atoms with E-state index >= 15 is 0 Å². The van der Waals surface area contributed by atoms with Crippen molar-refractivity contribution in [3.63, 3.8) is 0 Å². The molecule has 0 N–H and O–H groups in total. The lowest BCUT2D eigenvalue weighted by atomic mass is 9.92. The summed E-state index contributed by atoms with van der Waals surface area (Å²) in [5.41, 5.74) is 5.34. The highest BCUT2D eigenvalue weighted by atomic mass is 16.6. The van der Waals surface area contributed by atoms with Gasteiger partial charge in [-0.25, -0.2) is 4.79 Å². The minimum absolute atomic E-state index is 0.245. The number of carbonyl (C=O) groups is 1. The number of hydrogen-bond acceptors (Lipinski definition) is 5. The highest BCUT2D eigenvalue weighted by Gasteiger charge is 2.33. The molecule has 3 aromatic rings. The van der Waals surface area contributed by atoms with E-state index in [1.54, 1.807) is 7.11 Å². The van der Waals surface area contributed by atoms with Gasteiger partial charge in [0.05, 0.1) is 12.2 Å². The van der Waals surface area contributed by atoms with E-state index in [1.165, 1.54) is 22.2 Å². The van der Waals surface area contributed by atoms with Crippen molar-refractivity contribution in [2.45, 2.75) is 19.1 Å². The van der Waals surface area contributed by atoms with Gasteiger partial charge in [-0.2, -0.15) is 0 Å². The molecule has 1 unspecified atom stereocenters. The molecule has 5 nitrogen and oxygen atoms in total. The van der Waals surface area contributed by atoms with Crippen molar-refractivity contribution in [2.24, 2.45) is 0 Å². The SMILES string of the molecule is COCC1OC(=O)c2cc3c(cc21)CCN(c1ccc2cnccc2c1)C3. The Bertz CT molecular complexity index is 1050. The number of hydrogen-bond donors (Lipinski definition) is 0. The number of fused-ring (bicyclic) bond motifs is 3. The third-order valence-corrected chi connectivity index (χ3v) is 5.51. The summed E-state index contributed by atoms with van der Waals surface area (Å²) in [5, 5.41) is 2.33. The molecule has 27 heavy (non-hydrogen) atoms. The summed E-state index contributed by atoms with van der Waals surface area (Å²) in [4.78, 5) is 18.8. The summed E-state index contributed by atoms with van der Waals surface area (Å²) in [7, 11) is 1.63. The number of aromatic nitrogens is 1. The van der Waals surface area contributed by atoms with Crippen molar-refractivity contribution >= 4 is 22.4 Å². The van der Waals surface area contributed by atoms with Crippen molar-refractivity contribution < 1.29 is 14.3 Å². The summed E-state index contributed by atoms with van der Waals surface area (Å²) in [5.74, 6) is -0.245. The Balaban J connectivity index is 1.47. The quantitative estimate of drug-likeness (QED) is 0.667. The topological polar surface area (TPSA) is 51.7 Å². The van der Waals surface area contributed by atoms with Crippen molar-refractivity contribution in [2.75, 3.05) is 25.2 Å². The first kappa shape index (κ1) is 16.3. The molecular weight excluding hydrogens is 340 g/mol. The number of methoxy groups -OCH3 is 1. The van der Waals surface area contributed by atoms with Crippen molar-refractivity contribution in [3.8, 4) is 0 Å². The number of nitrogens with zero attached hydrogens (tertiary/aromatic N) is 2. The lowest BCUT2D eigenvalue weighted by molar-refractivity contribution is 0.0152. The van der Waals surface area contributed by atoms with E-state index in [0.717, 1.165) is 30.5 Å². The van der Waals surface area contributed by atoms with Crippen LogP contribution in [-0.4, -0.2) is 31.2 Å². The van der Waals surface area contributed by atoms with Crippen LogP contribution in [0.25, 0.3) is 10.8 Å². The van der Waals surface area contributed by atoms with Crippen LogP contribution >= 0.6 is 0 Å². The van der Waals surface area contributed by atoms with Crippen LogP contribution in [0.5, 0.6) is 0 Å². The molecule has 5 heteroatoms. The molecule has 0 saturated heterocycles. The van der Waals surface area contributed by atoms with E-state index in [9.17, 15) is 4.79 Å². The molecule has 0 fully saturated rings. The van der Waals surface area contributed by atoms with Gasteiger partial charge in [0, 0.05) is 49.2 Å². The Morgan fingerprint density at radius 1 is 1.19 bits per heavy atom. The first-order valence-electron chi connectivity index (χ1n) is 9.17. The number of esters is 1. The molecular formula is C22H20N2O3. The molecule has 0 radical (unpaired) electrons. The van der Waals surface area contributed by atoms with Gasteiger partial charge in [0.15, 0.2) is 6.10 Å². The molecule has 2 aliphatic heterocycles. The number of cyclic esters (lactones) is 1. The van der Waals surface area contributed by atoms with Crippen molar-refractivity contribution in [3.05, 3.63) is 71.0 Å². The number of rotatable bonds is 3. The number of carbonyl (C=O) groups excluding carboxylic acids is 1. The first-order valence-corrected chi connectivity index (χ1v) is 9.17. The number of anilines is 1. The smallest absolute Gasteiger partial charge is 0.339 e. The van der Waals surface area contributed by atoms with Gasteiger partial charge in [0.25, 0.3) is 0 Å². The molecule has 0 aliphatic carbocycles. The Hall–Kier alpha value is -2.92. The number of benzene rings is 2. The molecule has 5 rings (SSSR count). The fourth-order valence-electron chi connectivity index (χ4n) is 4.09. The van der Waals surface area contributed by atoms with Gasteiger partial charge >= 0.3 is 5.97 Å². The van der Waals surface area contributed by atoms with E-state index in [4.69, 9.17) is 9.47 Å². The molecule has 136 valence electrons. The minimum atomic E-state index is -0.282. The molecule has 0 bridgehead atoms. The van der Waals surface area contributed by atoms with E-state index in [0.29, 0.717) is 12.2 Å². The molecule has 0 spiro atoms. The van der Waals surface area contributed by atoms with Crippen LogP contribution in [0.3, 0.4) is 0 Å². The Morgan fingerprint density at radius 3 is 3.00 bits per heavy atom. The third-order valence-electron chi connectivity index (χ3n) is 5.51. The maximum atomic E-state index is 12.2. The van der Waals surface area contributed by atoms with Crippen molar-refractivity contribution in [1.29, 1.82) is 0 Å². The van der Waals surface area contributed by atoms with Gasteiger partial charge in [0.1, 0.15) is 0 Å². The average molecular weight is 360 g/mol. The molecule has 1 atom stereocenters. The highest BCUT2D eigenvalue weighted by molar-refractivity contribution is 5.94. The standard InChI is InChI=1S/C22H20N2O3/c1-26-13-21-19-9-15-5-7-24(12-17(15)10-20(19)22(25)27-21)18-3-2-16-11-23-6-4-14(16)8-18/h2-4,6,8-11,21H,5,7,12-13H2,1H3. The van der Waals surface area contributed by atoms with Crippen LogP contribution in [-0.2, 0) is 22.4 Å². The van der Waals surface area contributed by atoms with Gasteiger partial charge in [-0.15, -0.1) is 0 Å². The number of ether oxygens (including phenoxy) is 2. The Labute approximate surface area is 157 Å². The zero-order valence-corrected chi connectivity index (χ0v) is 15.1. The van der Waals surface area contributed by atoms with Gasteiger partial charge in [-0.3, -0.25) is 4.98 Å². The van der Waals surface area contributed by atoms with Gasteiger partial charge < -0.3 is 14.4 Å². The fraction of sp³-hybridized carbons (Fsp3) is 0.273. The van der Waals surface area contributed by atoms with Gasteiger partial charge in [-0.05, 0) is 47.2 Å². The Morgan fingerprint density at radius 2 is 2.11 bits per heavy atom. The molecule has 2 aromatic carbocycles. The van der Waals surface area contributed by atoms with E-state index in [1.807, 2.05) is 24.5 Å². The zero-order valence-electron chi connectivity index (χ0n) is 15.1. The summed E-state index contributed by atoms with van der Waals surface area (Å²) in [6, 6.07) is 12.7. The summed E-state index contributed by atoms with van der Waals surface area (Å²) >= 11 is 0. The van der Waals surface area contributed by atoms with Crippen LogP contribution in [0.1, 0.15) is 33.2 Å². The van der Waals surface area contributed by atoms with E-state index < -0.39 is 0 Å². The molecule has 1 aromatic heterocycles. The maximum absolute atomic E-state index is 12.2. The van der Waals surface area contributed by atoms with Crippen LogP contribution < -0.4 is 4.90 Å². The second-order valence-electron chi connectivity index (χ2n) is 7.14. The summed E-state index contributed by atoms with van der Waals surface area (Å²) < 4.78 is 10.7. The van der Waals surface area contributed by atoms with Crippen LogP contribution in [0.2, 0.25) is 0 Å². The lowest BCUT2D eigenvalue weighted by Crippen LogP contribution is -2.30. The van der Waals surface area contributed by atoms with E-state index in [-0.39, 0.29) is 12.1 Å². The zero-order chi connectivity index (χ0) is 18.4. The summed E-state index contributed by atoms with van der Waals surface area (Å²) in [6.07, 6.45) is 4.37. The van der Waals surface area contributed by atoms with Crippen LogP contribution in [0.4, 0.5) is 5.69 Å². The monoisotopic (exact) mass is 360 g/mol. The van der Waals surface area contributed by atoms with Gasteiger partial charge in [-0.1, -0.05) is 12.1 Å². The summed E-state index contributed by atoms with van der Waals surface area (Å²) in [6.45, 7) is 2.14. The highest BCUT2D eigenvalue weighted by Crippen LogP contribution is 2.35. The minimum Gasteiger partial charge on any atom is -0.451 e. The molecule has 0 amide bonds. The molecule has 2 aliphatic rings. The normalized spacial score (nSPS) is 18.3. The second kappa shape index (κ2) is 6.35. The Kier molecular flexibility index (Phi) is 3.83. The fourth-order valence-corrected chi connectivity index (χ4v) is 4.09. The van der Waals surface area contributed by atoms with Crippen LogP contribution in [0.15, 0.2) is 48.8 Å². The number of pyridine rings is 1. The lowest BCUT2D eigenvalue weighted by Gasteiger charge is -2.31. The molecule has 0 saturated carbocycles. The molecule has 3 heterocycles. The first-order chi connectivity index (χ1) is 13.2. The maximum Gasteiger partial charge on any atom is 0.339 e. The second-order valence-corrected chi connectivity index (χ2v) is 7.14. The predicted octanol–water partition coefficient (Wildman–Crippen LogP) is 3.66.